The smallest absolute Gasteiger partial charge is 0.213 e. The van der Waals surface area contributed by atoms with Crippen molar-refractivity contribution in [3.8, 4) is 17.2 Å². The first kappa shape index (κ1) is 16.9. The zero-order valence-electron chi connectivity index (χ0n) is 12.9. The molecule has 0 spiro atoms. The number of halogens is 3. The second-order valence-electron chi connectivity index (χ2n) is 5.34. The fraction of sp³-hybridized carbons (Fsp3) is 0.0526. The number of aromatic nitrogens is 1. The zero-order chi connectivity index (χ0) is 17.8. The van der Waals surface area contributed by atoms with Gasteiger partial charge in [-0.1, -0.05) is 29.8 Å². The molecule has 3 rings (SSSR count). The van der Waals surface area contributed by atoms with Crippen molar-refractivity contribution in [3.63, 3.8) is 0 Å². The molecule has 6 heteroatoms. The molecule has 0 aliphatic rings. The highest BCUT2D eigenvalue weighted by atomic mass is 35.5. The van der Waals surface area contributed by atoms with Gasteiger partial charge in [0.2, 0.25) is 5.95 Å². The number of anilines is 1. The van der Waals surface area contributed by atoms with E-state index in [-0.39, 0.29) is 5.82 Å². The Morgan fingerprint density at radius 2 is 1.96 bits per heavy atom. The van der Waals surface area contributed by atoms with Crippen LogP contribution in [0.3, 0.4) is 0 Å². The van der Waals surface area contributed by atoms with Crippen LogP contribution >= 0.6 is 11.6 Å². The Bertz CT molecular complexity index is 967. The predicted molar refractivity (Wildman–Crippen MR) is 93.1 cm³/mol. The van der Waals surface area contributed by atoms with Crippen molar-refractivity contribution in [3.05, 3.63) is 82.6 Å². The van der Waals surface area contributed by atoms with Crippen LogP contribution in [0.5, 0.6) is 0 Å². The molecule has 2 aromatic carbocycles. The molecular weight excluding hydrogens is 344 g/mol. The summed E-state index contributed by atoms with van der Waals surface area (Å²) in [6, 6.07) is 14.5. The van der Waals surface area contributed by atoms with Crippen molar-refractivity contribution in [1.82, 2.24) is 4.98 Å². The third-order valence-corrected chi connectivity index (χ3v) is 3.95. The van der Waals surface area contributed by atoms with Crippen LogP contribution in [0.4, 0.5) is 14.5 Å². The number of benzene rings is 2. The summed E-state index contributed by atoms with van der Waals surface area (Å²) < 4.78 is 26.7. The molecular formula is C19H12ClF2N3. The molecule has 0 amide bonds. The Morgan fingerprint density at radius 1 is 1.12 bits per heavy atom. The van der Waals surface area contributed by atoms with Crippen molar-refractivity contribution in [2.45, 2.75) is 6.54 Å². The highest BCUT2D eigenvalue weighted by molar-refractivity contribution is 6.33. The Balaban J connectivity index is 1.93. The molecule has 0 saturated carbocycles. The fourth-order valence-electron chi connectivity index (χ4n) is 2.43. The van der Waals surface area contributed by atoms with Gasteiger partial charge in [0.25, 0.3) is 0 Å². The van der Waals surface area contributed by atoms with Crippen molar-refractivity contribution in [2.75, 3.05) is 5.32 Å². The lowest BCUT2D eigenvalue weighted by atomic mass is 10.0. The predicted octanol–water partition coefficient (Wildman–Crippen LogP) is 5.16. The standard InChI is InChI=1S/C19H12ClF2N3/c20-17-11-25-19(22)8-16(17)13-4-5-14(9-23)18(7-13)24-10-12-2-1-3-15(21)6-12/h1-8,11,24H,10H2. The number of rotatable bonds is 4. The Kier molecular flexibility index (Phi) is 4.92. The summed E-state index contributed by atoms with van der Waals surface area (Å²) in [5.41, 5.74) is 2.84. The third-order valence-electron chi connectivity index (χ3n) is 3.64. The second-order valence-corrected chi connectivity index (χ2v) is 5.75. The Labute approximate surface area is 148 Å². The molecule has 0 bridgehead atoms. The van der Waals surface area contributed by atoms with E-state index < -0.39 is 5.95 Å². The van der Waals surface area contributed by atoms with E-state index in [2.05, 4.69) is 16.4 Å². The van der Waals surface area contributed by atoms with E-state index in [9.17, 15) is 14.0 Å². The summed E-state index contributed by atoms with van der Waals surface area (Å²) in [4.78, 5) is 3.50. The summed E-state index contributed by atoms with van der Waals surface area (Å²) in [5.74, 6) is -0.967. The molecule has 0 aliphatic carbocycles. The lowest BCUT2D eigenvalue weighted by Crippen LogP contribution is -2.02. The van der Waals surface area contributed by atoms with Gasteiger partial charge in [0, 0.05) is 24.4 Å². The molecule has 0 unspecified atom stereocenters. The van der Waals surface area contributed by atoms with E-state index in [4.69, 9.17) is 11.6 Å². The first-order valence-corrected chi connectivity index (χ1v) is 7.78. The van der Waals surface area contributed by atoms with E-state index in [1.807, 2.05) is 0 Å². The molecule has 124 valence electrons. The van der Waals surface area contributed by atoms with Crippen LogP contribution in [0.25, 0.3) is 11.1 Å². The largest absolute Gasteiger partial charge is 0.380 e. The molecule has 3 aromatic rings. The number of hydrogen-bond acceptors (Lipinski definition) is 3. The van der Waals surface area contributed by atoms with Gasteiger partial charge in [-0.2, -0.15) is 9.65 Å². The number of hydrogen-bond donors (Lipinski definition) is 1. The normalized spacial score (nSPS) is 10.3. The van der Waals surface area contributed by atoms with Crippen LogP contribution in [0.15, 0.2) is 54.7 Å². The van der Waals surface area contributed by atoms with E-state index in [0.29, 0.717) is 33.9 Å². The van der Waals surface area contributed by atoms with Crippen LogP contribution in [0.2, 0.25) is 5.02 Å². The number of nitriles is 1. The van der Waals surface area contributed by atoms with E-state index in [0.717, 1.165) is 5.56 Å². The highest BCUT2D eigenvalue weighted by Crippen LogP contribution is 2.31. The van der Waals surface area contributed by atoms with Gasteiger partial charge in [0.15, 0.2) is 0 Å². The van der Waals surface area contributed by atoms with Gasteiger partial charge in [0.05, 0.1) is 16.3 Å². The lowest BCUT2D eigenvalue weighted by molar-refractivity contribution is 0.584. The van der Waals surface area contributed by atoms with Crippen LogP contribution < -0.4 is 5.32 Å². The maximum atomic E-state index is 13.4. The van der Waals surface area contributed by atoms with Gasteiger partial charge in [0.1, 0.15) is 11.9 Å². The van der Waals surface area contributed by atoms with Crippen molar-refractivity contribution in [1.29, 1.82) is 5.26 Å². The molecule has 0 radical (unpaired) electrons. The zero-order valence-corrected chi connectivity index (χ0v) is 13.7. The van der Waals surface area contributed by atoms with Crippen molar-refractivity contribution in [2.24, 2.45) is 0 Å². The molecule has 0 aliphatic heterocycles. The van der Waals surface area contributed by atoms with Crippen molar-refractivity contribution >= 4 is 17.3 Å². The molecule has 1 aromatic heterocycles. The molecule has 3 nitrogen and oxygen atoms in total. The summed E-state index contributed by atoms with van der Waals surface area (Å²) >= 11 is 6.09. The number of pyridine rings is 1. The monoisotopic (exact) mass is 355 g/mol. The van der Waals surface area contributed by atoms with Gasteiger partial charge < -0.3 is 5.32 Å². The first-order valence-electron chi connectivity index (χ1n) is 7.40. The third kappa shape index (κ3) is 3.93. The topological polar surface area (TPSA) is 48.7 Å². The summed E-state index contributed by atoms with van der Waals surface area (Å²) in [5, 5.41) is 12.7. The van der Waals surface area contributed by atoms with Crippen LogP contribution in [-0.2, 0) is 6.54 Å². The lowest BCUT2D eigenvalue weighted by Gasteiger charge is -2.12. The van der Waals surface area contributed by atoms with Crippen molar-refractivity contribution < 1.29 is 8.78 Å². The SMILES string of the molecule is N#Cc1ccc(-c2cc(F)ncc2Cl)cc1NCc1cccc(F)c1. The molecule has 0 saturated heterocycles. The number of nitrogens with one attached hydrogen (secondary N) is 1. The van der Waals surface area contributed by atoms with Gasteiger partial charge >= 0.3 is 0 Å². The minimum atomic E-state index is -0.641. The van der Waals surface area contributed by atoms with Gasteiger partial charge in [-0.15, -0.1) is 0 Å². The average molecular weight is 356 g/mol. The van der Waals surface area contributed by atoms with E-state index >= 15 is 0 Å². The first-order chi connectivity index (χ1) is 12.1. The minimum absolute atomic E-state index is 0.308. The fourth-order valence-corrected chi connectivity index (χ4v) is 2.65. The summed E-state index contributed by atoms with van der Waals surface area (Å²) in [7, 11) is 0. The molecule has 1 heterocycles. The maximum absolute atomic E-state index is 13.4. The molecule has 0 atom stereocenters. The molecule has 1 N–H and O–H groups in total. The minimum Gasteiger partial charge on any atom is -0.380 e. The molecule has 25 heavy (non-hydrogen) atoms. The number of nitrogens with zero attached hydrogens (tertiary/aromatic N) is 2. The van der Waals surface area contributed by atoms with E-state index in [1.165, 1.54) is 24.4 Å². The summed E-state index contributed by atoms with van der Waals surface area (Å²) in [6.45, 7) is 0.342. The van der Waals surface area contributed by atoms with Crippen LogP contribution in [0, 0.1) is 23.1 Å². The highest BCUT2D eigenvalue weighted by Gasteiger charge is 2.10. The average Bonchev–Trinajstić information content (AvgIpc) is 2.62. The Hall–Kier alpha value is -2.97. The second kappa shape index (κ2) is 7.29. The molecule has 0 fully saturated rings. The maximum Gasteiger partial charge on any atom is 0.213 e. The van der Waals surface area contributed by atoms with Gasteiger partial charge in [-0.25, -0.2) is 9.37 Å². The summed E-state index contributed by atoms with van der Waals surface area (Å²) in [6.07, 6.45) is 1.24. The van der Waals surface area contributed by atoms with Crippen LogP contribution in [-0.4, -0.2) is 4.98 Å². The van der Waals surface area contributed by atoms with Crippen LogP contribution in [0.1, 0.15) is 11.1 Å². The van der Waals surface area contributed by atoms with Gasteiger partial charge in [-0.3, -0.25) is 0 Å². The Morgan fingerprint density at radius 3 is 2.72 bits per heavy atom. The van der Waals surface area contributed by atoms with Gasteiger partial charge in [-0.05, 0) is 35.4 Å². The quantitative estimate of drug-likeness (QED) is 0.657. The van der Waals surface area contributed by atoms with E-state index in [1.54, 1.807) is 30.3 Å².